The molecule has 30 heavy (non-hydrogen) atoms. The summed E-state index contributed by atoms with van der Waals surface area (Å²) in [7, 11) is 0. The Kier molecular flexibility index (Phi) is 5.30. The Hall–Kier alpha value is -3.19. The second kappa shape index (κ2) is 7.91. The summed E-state index contributed by atoms with van der Waals surface area (Å²) in [5, 5.41) is 12.7. The molecule has 2 heterocycles. The summed E-state index contributed by atoms with van der Waals surface area (Å²) in [5.74, 6) is -1.37. The van der Waals surface area contributed by atoms with Crippen molar-refractivity contribution in [2.45, 2.75) is 32.3 Å². The lowest BCUT2D eigenvalue weighted by Crippen LogP contribution is -2.23. The molecule has 2 aromatic carbocycles. The first kappa shape index (κ1) is 20.1. The normalized spacial score (nSPS) is 15.6. The van der Waals surface area contributed by atoms with Crippen molar-refractivity contribution in [2.75, 3.05) is 5.32 Å². The topological polar surface area (TPSA) is 75.6 Å². The van der Waals surface area contributed by atoms with E-state index in [4.69, 9.17) is 4.74 Å². The summed E-state index contributed by atoms with van der Waals surface area (Å²) in [6, 6.07) is 13.1. The highest BCUT2D eigenvalue weighted by atomic mass is 32.1. The number of carbonyl (C=O) groups is 2. The van der Waals surface area contributed by atoms with Gasteiger partial charge in [0.25, 0.3) is 0 Å². The fourth-order valence-corrected chi connectivity index (χ4v) is 4.95. The first-order chi connectivity index (χ1) is 14.3. The Bertz CT molecular complexity index is 1120. The van der Waals surface area contributed by atoms with Gasteiger partial charge in [-0.15, -0.1) is 11.3 Å². The number of nitrogens with one attached hydrogen (secondary N) is 1. The number of amides is 1. The minimum Gasteiger partial charge on any atom is -0.491 e. The number of aromatic carboxylic acids is 1. The van der Waals surface area contributed by atoms with Crippen LogP contribution in [0.5, 0.6) is 5.75 Å². The van der Waals surface area contributed by atoms with Crippen molar-refractivity contribution in [3.05, 3.63) is 69.7 Å². The molecule has 3 aromatic rings. The number of ether oxygens (including phenoxy) is 1. The van der Waals surface area contributed by atoms with E-state index in [9.17, 15) is 19.1 Å². The fraction of sp³-hybridized carbons (Fsp3) is 0.217. The summed E-state index contributed by atoms with van der Waals surface area (Å²) in [5.41, 5.74) is 2.26. The molecule has 2 N–H and O–H groups in total. The molecule has 0 radical (unpaired) electrons. The van der Waals surface area contributed by atoms with Crippen molar-refractivity contribution in [1.82, 2.24) is 0 Å². The van der Waals surface area contributed by atoms with Crippen LogP contribution in [-0.2, 0) is 4.79 Å². The highest BCUT2D eigenvalue weighted by Crippen LogP contribution is 2.50. The molecule has 7 heteroatoms. The van der Waals surface area contributed by atoms with Crippen molar-refractivity contribution in [3.8, 4) is 16.9 Å². The molecule has 1 aromatic heterocycles. The van der Waals surface area contributed by atoms with Crippen molar-refractivity contribution >= 4 is 28.9 Å². The maximum absolute atomic E-state index is 13.4. The Morgan fingerprint density at radius 2 is 1.90 bits per heavy atom. The number of thiophene rings is 1. The average Bonchev–Trinajstić information content (AvgIpc) is 3.08. The van der Waals surface area contributed by atoms with Gasteiger partial charge in [-0.3, -0.25) is 4.79 Å². The molecule has 0 fully saturated rings. The van der Waals surface area contributed by atoms with Gasteiger partial charge in [0.15, 0.2) is 0 Å². The number of para-hydroxylation sites is 1. The number of anilines is 1. The second-order valence-electron chi connectivity index (χ2n) is 7.37. The Morgan fingerprint density at radius 1 is 1.20 bits per heavy atom. The highest BCUT2D eigenvalue weighted by molar-refractivity contribution is 7.15. The van der Waals surface area contributed by atoms with Gasteiger partial charge in [0.05, 0.1) is 11.8 Å². The minimum atomic E-state index is -1.09. The van der Waals surface area contributed by atoms with Crippen LogP contribution in [-0.4, -0.2) is 23.1 Å². The Morgan fingerprint density at radius 3 is 2.57 bits per heavy atom. The summed E-state index contributed by atoms with van der Waals surface area (Å²) >= 11 is 1.14. The number of carbonyl (C=O) groups excluding carboxylic acids is 1. The van der Waals surface area contributed by atoms with Crippen LogP contribution in [0.2, 0.25) is 0 Å². The van der Waals surface area contributed by atoms with Crippen molar-refractivity contribution in [2.24, 2.45) is 0 Å². The molecule has 4 rings (SSSR count). The molecule has 1 atom stereocenters. The number of halogens is 1. The standard InChI is InChI=1S/C23H20FNO4S/c1-12(2)29-17-6-4-3-5-15(17)16-11-18(26)25-20-19(13-7-9-14(24)10-8-13)22(23(27)28)30-21(16)20/h3-10,12,16H,11H2,1-2H3,(H,25,26)(H,27,28)/t16-/m0/s1. The largest absolute Gasteiger partial charge is 0.491 e. The molecule has 0 spiro atoms. The number of benzene rings is 2. The van der Waals surface area contributed by atoms with Crippen LogP contribution in [0.3, 0.4) is 0 Å². The van der Waals surface area contributed by atoms with Crippen molar-refractivity contribution < 1.29 is 23.8 Å². The van der Waals surface area contributed by atoms with Crippen molar-refractivity contribution in [3.63, 3.8) is 0 Å². The number of rotatable bonds is 5. The zero-order valence-corrected chi connectivity index (χ0v) is 17.3. The van der Waals surface area contributed by atoms with Gasteiger partial charge in [-0.25, -0.2) is 9.18 Å². The SMILES string of the molecule is CC(C)Oc1ccccc1[C@@H]1CC(=O)Nc2c1sc(C(=O)O)c2-c1ccc(F)cc1. The van der Waals surface area contributed by atoms with E-state index >= 15 is 0 Å². The predicted molar refractivity (Wildman–Crippen MR) is 114 cm³/mol. The molecule has 0 aliphatic carbocycles. The Balaban J connectivity index is 1.91. The maximum atomic E-state index is 13.4. The average molecular weight is 425 g/mol. The maximum Gasteiger partial charge on any atom is 0.346 e. The van der Waals surface area contributed by atoms with Gasteiger partial charge >= 0.3 is 5.97 Å². The summed E-state index contributed by atoms with van der Waals surface area (Å²) in [6.07, 6.45) is 0.143. The highest BCUT2D eigenvalue weighted by Gasteiger charge is 2.35. The third kappa shape index (κ3) is 3.68. The number of hydrogen-bond donors (Lipinski definition) is 2. The third-order valence-corrected chi connectivity index (χ3v) is 6.18. The van der Waals surface area contributed by atoms with E-state index in [1.165, 1.54) is 24.3 Å². The smallest absolute Gasteiger partial charge is 0.346 e. The number of carboxylic acid groups (broad SMARTS) is 1. The lowest BCUT2D eigenvalue weighted by atomic mass is 9.88. The first-order valence-corrected chi connectivity index (χ1v) is 10.4. The van der Waals surface area contributed by atoms with Crippen LogP contribution in [0.4, 0.5) is 10.1 Å². The van der Waals surface area contributed by atoms with E-state index in [2.05, 4.69) is 5.32 Å². The van der Waals surface area contributed by atoms with Crippen LogP contribution in [0, 0.1) is 5.82 Å². The van der Waals surface area contributed by atoms with Crippen LogP contribution < -0.4 is 10.1 Å². The zero-order chi connectivity index (χ0) is 21.4. The molecule has 154 valence electrons. The van der Waals surface area contributed by atoms with E-state index in [-0.39, 0.29) is 29.2 Å². The first-order valence-electron chi connectivity index (χ1n) is 9.56. The summed E-state index contributed by atoms with van der Waals surface area (Å²) in [4.78, 5) is 25.5. The van der Waals surface area contributed by atoms with E-state index in [1.54, 1.807) is 0 Å². The van der Waals surface area contributed by atoms with E-state index in [1.807, 2.05) is 38.1 Å². The second-order valence-corrected chi connectivity index (χ2v) is 8.42. The van der Waals surface area contributed by atoms with Gasteiger partial charge in [-0.05, 0) is 37.6 Å². The summed E-state index contributed by atoms with van der Waals surface area (Å²) < 4.78 is 19.4. The van der Waals surface area contributed by atoms with Crippen molar-refractivity contribution in [1.29, 1.82) is 0 Å². The molecule has 0 saturated carbocycles. The quantitative estimate of drug-likeness (QED) is 0.565. The molecule has 0 saturated heterocycles. The number of carboxylic acids is 1. The van der Waals surface area contributed by atoms with Crippen LogP contribution >= 0.6 is 11.3 Å². The van der Waals surface area contributed by atoms with Gasteiger partial charge in [0.2, 0.25) is 5.91 Å². The lowest BCUT2D eigenvalue weighted by Gasteiger charge is -2.26. The molecule has 1 amide bonds. The number of fused-ring (bicyclic) bond motifs is 1. The summed E-state index contributed by atoms with van der Waals surface area (Å²) in [6.45, 7) is 3.85. The predicted octanol–water partition coefficient (Wildman–Crippen LogP) is 5.51. The van der Waals surface area contributed by atoms with Crippen LogP contribution in [0.15, 0.2) is 48.5 Å². The molecule has 0 unspecified atom stereocenters. The van der Waals surface area contributed by atoms with Crippen LogP contribution in [0.25, 0.3) is 11.1 Å². The van der Waals surface area contributed by atoms with E-state index in [0.717, 1.165) is 21.8 Å². The number of hydrogen-bond acceptors (Lipinski definition) is 4. The third-order valence-electron chi connectivity index (χ3n) is 4.89. The molecular weight excluding hydrogens is 405 g/mol. The molecule has 5 nitrogen and oxygen atoms in total. The van der Waals surface area contributed by atoms with Gasteiger partial charge in [0, 0.05) is 28.3 Å². The lowest BCUT2D eigenvalue weighted by molar-refractivity contribution is -0.116. The van der Waals surface area contributed by atoms with Gasteiger partial charge in [0.1, 0.15) is 16.4 Å². The van der Waals surface area contributed by atoms with E-state index < -0.39 is 11.8 Å². The van der Waals surface area contributed by atoms with Gasteiger partial charge in [-0.1, -0.05) is 30.3 Å². The molecule has 1 aliphatic heterocycles. The van der Waals surface area contributed by atoms with Crippen LogP contribution in [0.1, 0.15) is 46.3 Å². The Labute approximate surface area is 177 Å². The molecular formula is C23H20FNO4S. The monoisotopic (exact) mass is 425 g/mol. The molecule has 1 aliphatic rings. The van der Waals surface area contributed by atoms with Gasteiger partial charge < -0.3 is 15.2 Å². The minimum absolute atomic E-state index is 0.0456. The molecule has 0 bridgehead atoms. The van der Waals surface area contributed by atoms with Gasteiger partial charge in [-0.2, -0.15) is 0 Å². The van der Waals surface area contributed by atoms with E-state index in [0.29, 0.717) is 22.6 Å². The zero-order valence-electron chi connectivity index (χ0n) is 16.4. The fourth-order valence-electron chi connectivity index (χ4n) is 3.71.